The first-order valence-electron chi connectivity index (χ1n) is 6.58. The molecule has 7 heteroatoms. The lowest BCUT2D eigenvalue weighted by atomic mass is 10.2. The summed E-state index contributed by atoms with van der Waals surface area (Å²) in [6.07, 6.45) is 0. The lowest BCUT2D eigenvalue weighted by Crippen LogP contribution is -2.25. The highest BCUT2D eigenvalue weighted by Gasteiger charge is 2.18. The normalized spacial score (nSPS) is 12.1. The maximum Gasteiger partial charge on any atom is 0.282 e. The van der Waals surface area contributed by atoms with Crippen LogP contribution in [0.2, 0.25) is 0 Å². The number of benzene rings is 1. The van der Waals surface area contributed by atoms with Gasteiger partial charge in [-0.3, -0.25) is 4.79 Å². The molecule has 22 heavy (non-hydrogen) atoms. The highest BCUT2D eigenvalue weighted by atomic mass is 32.1. The Labute approximate surface area is 134 Å². The molecule has 3 rings (SSSR count). The second-order valence-corrected chi connectivity index (χ2v) is 6.56. The van der Waals surface area contributed by atoms with E-state index in [2.05, 4.69) is 15.5 Å². The van der Waals surface area contributed by atoms with Crippen molar-refractivity contribution in [2.24, 2.45) is 0 Å². The number of nitrogens with one attached hydrogen (secondary N) is 1. The quantitative estimate of drug-likeness (QED) is 0.788. The van der Waals surface area contributed by atoms with E-state index in [9.17, 15) is 9.18 Å². The van der Waals surface area contributed by atoms with Crippen LogP contribution in [0.25, 0.3) is 10.6 Å². The van der Waals surface area contributed by atoms with Gasteiger partial charge in [0.15, 0.2) is 5.01 Å². The predicted octanol–water partition coefficient (Wildman–Crippen LogP) is 3.90. The Hall–Kier alpha value is -2.12. The maximum absolute atomic E-state index is 13.7. The Morgan fingerprint density at radius 1 is 1.23 bits per heavy atom. The van der Waals surface area contributed by atoms with E-state index in [1.54, 1.807) is 29.5 Å². The van der Waals surface area contributed by atoms with Crippen LogP contribution >= 0.6 is 22.7 Å². The number of thiophene rings is 1. The minimum absolute atomic E-state index is 0.103. The fraction of sp³-hybridized carbons (Fsp3) is 0.133. The van der Waals surface area contributed by atoms with Crippen LogP contribution in [-0.4, -0.2) is 16.1 Å². The summed E-state index contributed by atoms with van der Waals surface area (Å²) >= 11 is 2.65. The zero-order chi connectivity index (χ0) is 15.5. The van der Waals surface area contributed by atoms with Crippen LogP contribution in [0.15, 0.2) is 41.8 Å². The molecule has 0 fully saturated rings. The molecule has 4 nitrogen and oxygen atoms in total. The van der Waals surface area contributed by atoms with Gasteiger partial charge in [-0.1, -0.05) is 29.5 Å². The van der Waals surface area contributed by atoms with Gasteiger partial charge in [-0.25, -0.2) is 4.39 Å². The van der Waals surface area contributed by atoms with Crippen LogP contribution in [0.1, 0.15) is 27.6 Å². The lowest BCUT2D eigenvalue weighted by molar-refractivity contribution is 0.0939. The van der Waals surface area contributed by atoms with Crippen LogP contribution in [0.4, 0.5) is 4.39 Å². The zero-order valence-electron chi connectivity index (χ0n) is 11.6. The molecule has 2 heterocycles. The van der Waals surface area contributed by atoms with Crippen LogP contribution < -0.4 is 5.32 Å². The van der Waals surface area contributed by atoms with Crippen LogP contribution in [0.3, 0.4) is 0 Å². The van der Waals surface area contributed by atoms with E-state index >= 15 is 0 Å². The predicted molar refractivity (Wildman–Crippen MR) is 85.5 cm³/mol. The molecular formula is C15H12FN3OS2. The molecule has 0 aliphatic rings. The number of hydrogen-bond donors (Lipinski definition) is 1. The monoisotopic (exact) mass is 333 g/mol. The van der Waals surface area contributed by atoms with Gasteiger partial charge in [0.1, 0.15) is 5.82 Å². The fourth-order valence-corrected chi connectivity index (χ4v) is 3.43. The first-order chi connectivity index (χ1) is 10.6. The van der Waals surface area contributed by atoms with E-state index in [0.29, 0.717) is 10.6 Å². The molecular weight excluding hydrogens is 321 g/mol. The second kappa shape index (κ2) is 6.33. The molecule has 1 N–H and O–H groups in total. The second-order valence-electron chi connectivity index (χ2n) is 4.60. The average Bonchev–Trinajstić information content (AvgIpc) is 3.19. The van der Waals surface area contributed by atoms with Crippen molar-refractivity contribution < 1.29 is 9.18 Å². The first kappa shape index (κ1) is 14.8. The van der Waals surface area contributed by atoms with Crippen LogP contribution in [-0.2, 0) is 0 Å². The van der Waals surface area contributed by atoms with Gasteiger partial charge < -0.3 is 5.32 Å². The maximum atomic E-state index is 13.7. The van der Waals surface area contributed by atoms with Crippen molar-refractivity contribution in [3.8, 4) is 10.6 Å². The van der Waals surface area contributed by atoms with Gasteiger partial charge in [0, 0.05) is 10.4 Å². The fourth-order valence-electron chi connectivity index (χ4n) is 1.93. The molecule has 2 aromatic heterocycles. The summed E-state index contributed by atoms with van der Waals surface area (Å²) in [6.45, 7) is 1.91. The minimum atomic E-state index is -0.377. The number of aromatic nitrogens is 2. The Morgan fingerprint density at radius 3 is 2.77 bits per heavy atom. The molecule has 1 atom stereocenters. The number of halogens is 1. The molecule has 0 aliphatic carbocycles. The van der Waals surface area contributed by atoms with Crippen molar-refractivity contribution in [1.82, 2.24) is 15.5 Å². The smallest absolute Gasteiger partial charge is 0.282 e. The van der Waals surface area contributed by atoms with E-state index in [0.717, 1.165) is 16.2 Å². The summed E-state index contributed by atoms with van der Waals surface area (Å²) in [5, 5.41) is 13.2. The summed E-state index contributed by atoms with van der Waals surface area (Å²) in [6, 6.07) is 10.1. The Balaban J connectivity index is 1.76. The molecule has 1 aromatic carbocycles. The largest absolute Gasteiger partial charge is 0.343 e. The summed E-state index contributed by atoms with van der Waals surface area (Å²) < 4.78 is 13.7. The topological polar surface area (TPSA) is 54.9 Å². The van der Waals surface area contributed by atoms with Gasteiger partial charge in [0.2, 0.25) is 5.01 Å². The molecule has 0 radical (unpaired) electrons. The Morgan fingerprint density at radius 2 is 2.05 bits per heavy atom. The highest BCUT2D eigenvalue weighted by Crippen LogP contribution is 2.26. The molecule has 1 amide bonds. The molecule has 3 aromatic rings. The summed E-state index contributed by atoms with van der Waals surface area (Å²) in [5.41, 5.74) is 0.352. The molecule has 0 unspecified atom stereocenters. The van der Waals surface area contributed by atoms with E-state index in [1.165, 1.54) is 6.07 Å². The van der Waals surface area contributed by atoms with Crippen molar-refractivity contribution >= 4 is 28.6 Å². The summed E-state index contributed by atoms with van der Waals surface area (Å²) in [5.74, 6) is -0.682. The van der Waals surface area contributed by atoms with Gasteiger partial charge >= 0.3 is 0 Å². The first-order valence-corrected chi connectivity index (χ1v) is 8.27. The van der Waals surface area contributed by atoms with E-state index < -0.39 is 0 Å². The van der Waals surface area contributed by atoms with Gasteiger partial charge in [-0.2, -0.15) is 0 Å². The summed E-state index contributed by atoms with van der Waals surface area (Å²) in [4.78, 5) is 13.2. The van der Waals surface area contributed by atoms with Crippen molar-refractivity contribution in [2.45, 2.75) is 13.0 Å². The molecule has 112 valence electrons. The molecule has 0 bridgehead atoms. The number of carbonyl (C=O) groups excluding carboxylic acids is 1. The van der Waals surface area contributed by atoms with Crippen molar-refractivity contribution in [2.75, 3.05) is 0 Å². The lowest BCUT2D eigenvalue weighted by Gasteiger charge is -2.10. The molecule has 0 saturated carbocycles. The van der Waals surface area contributed by atoms with Crippen molar-refractivity contribution in [1.29, 1.82) is 0 Å². The third-order valence-corrected chi connectivity index (χ3v) is 5.05. The molecule has 0 saturated heterocycles. The Bertz CT molecular complexity index is 786. The number of rotatable bonds is 4. The molecule has 0 spiro atoms. The third-order valence-electron chi connectivity index (χ3n) is 3.04. The number of hydrogen-bond acceptors (Lipinski definition) is 5. The highest BCUT2D eigenvalue weighted by molar-refractivity contribution is 7.16. The number of amides is 1. The zero-order valence-corrected chi connectivity index (χ0v) is 13.2. The number of carbonyl (C=O) groups is 1. The summed E-state index contributed by atoms with van der Waals surface area (Å²) in [7, 11) is 0. The van der Waals surface area contributed by atoms with Crippen molar-refractivity contribution in [3.05, 3.63) is 57.5 Å². The average molecular weight is 333 g/mol. The molecule has 0 aliphatic heterocycles. The third kappa shape index (κ3) is 3.05. The van der Waals surface area contributed by atoms with E-state index in [1.807, 2.05) is 24.4 Å². The van der Waals surface area contributed by atoms with Gasteiger partial charge in [0.05, 0.1) is 6.04 Å². The minimum Gasteiger partial charge on any atom is -0.343 e. The Kier molecular flexibility index (Phi) is 4.26. The van der Waals surface area contributed by atoms with E-state index in [-0.39, 0.29) is 22.8 Å². The van der Waals surface area contributed by atoms with Crippen molar-refractivity contribution in [3.63, 3.8) is 0 Å². The van der Waals surface area contributed by atoms with Gasteiger partial charge in [0.25, 0.3) is 5.91 Å². The van der Waals surface area contributed by atoms with Crippen LogP contribution in [0, 0.1) is 5.82 Å². The SMILES string of the molecule is C[C@@H](NC(=O)c1nnc(-c2ccccc2F)s1)c1cccs1. The van der Waals surface area contributed by atoms with Gasteiger partial charge in [-0.15, -0.1) is 21.5 Å². The number of nitrogens with zero attached hydrogens (tertiary/aromatic N) is 2. The van der Waals surface area contributed by atoms with Gasteiger partial charge in [-0.05, 0) is 30.5 Å². The van der Waals surface area contributed by atoms with E-state index in [4.69, 9.17) is 0 Å². The standard InChI is InChI=1S/C15H12FN3OS2/c1-9(12-7-4-8-21-12)17-13(20)15-19-18-14(22-15)10-5-2-3-6-11(10)16/h2-9H,1H3,(H,17,20)/t9-/m1/s1. The van der Waals surface area contributed by atoms with Crippen LogP contribution in [0.5, 0.6) is 0 Å².